The van der Waals surface area contributed by atoms with Crippen LogP contribution in [0.3, 0.4) is 0 Å². The minimum atomic E-state index is -3.11. The number of allylic oxidation sites excluding steroid dienone is 2. The third-order valence-electron chi connectivity index (χ3n) is 5.78. The van der Waals surface area contributed by atoms with Crippen LogP contribution >= 0.6 is 0 Å². The van der Waals surface area contributed by atoms with Crippen molar-refractivity contribution in [3.63, 3.8) is 0 Å². The Bertz CT molecular complexity index is 1360. The van der Waals surface area contributed by atoms with Crippen molar-refractivity contribution in [2.24, 2.45) is 11.5 Å². The minimum Gasteiger partial charge on any atom is -0.399 e. The van der Waals surface area contributed by atoms with E-state index in [1.165, 1.54) is 30.3 Å². The first-order chi connectivity index (χ1) is 16.0. The lowest BCUT2D eigenvalue weighted by Crippen LogP contribution is -2.71. The second kappa shape index (κ2) is 8.36. The minimum absolute atomic E-state index is 0.0943. The quantitative estimate of drug-likeness (QED) is 0.190. The molecule has 0 atom stereocenters. The molecule has 3 aromatic rings. The number of carbonyl (C=O) groups excluding carboxylic acids is 2. The van der Waals surface area contributed by atoms with E-state index in [0.717, 1.165) is 0 Å². The highest BCUT2D eigenvalue weighted by Gasteiger charge is 2.56. The Kier molecular flexibility index (Phi) is 5.68. The van der Waals surface area contributed by atoms with Crippen molar-refractivity contribution >= 4 is 28.5 Å². The van der Waals surface area contributed by atoms with Crippen LogP contribution < -0.4 is 22.9 Å². The Morgan fingerprint density at radius 1 is 0.706 bits per heavy atom. The van der Waals surface area contributed by atoms with Crippen LogP contribution in [0.2, 0.25) is 0 Å². The lowest BCUT2D eigenvalue weighted by Gasteiger charge is -2.43. The standard InChI is InChI=1S/C26H24N4O4/c27-18-10-4-8-16(12-18)23(31)21-14-20(15-6-2-1-3-7-15)22(26(33,34)25(21,29)30)24(32)17-9-5-11-19(28)13-17/h1-14,33-34H,27-30H2. The van der Waals surface area contributed by atoms with Gasteiger partial charge in [-0.3, -0.25) is 9.59 Å². The van der Waals surface area contributed by atoms with Gasteiger partial charge in [-0.05, 0) is 41.5 Å². The molecule has 0 aromatic heterocycles. The van der Waals surface area contributed by atoms with Crippen molar-refractivity contribution in [3.05, 3.63) is 113 Å². The first-order valence-electron chi connectivity index (χ1n) is 10.4. The molecule has 0 spiro atoms. The molecule has 4 rings (SSSR count). The van der Waals surface area contributed by atoms with E-state index in [-0.39, 0.29) is 22.3 Å². The van der Waals surface area contributed by atoms with Gasteiger partial charge in [0.2, 0.25) is 5.79 Å². The average molecular weight is 457 g/mol. The van der Waals surface area contributed by atoms with Gasteiger partial charge in [-0.2, -0.15) is 0 Å². The zero-order chi connectivity index (χ0) is 24.7. The Balaban J connectivity index is 2.01. The Labute approximate surface area is 195 Å². The van der Waals surface area contributed by atoms with Gasteiger partial charge in [-0.15, -0.1) is 0 Å². The van der Waals surface area contributed by atoms with E-state index in [0.29, 0.717) is 16.9 Å². The van der Waals surface area contributed by atoms with Gasteiger partial charge < -0.3 is 33.1 Å². The number of nitrogen functional groups attached to an aromatic ring is 2. The number of hydrogen-bond donors (Lipinski definition) is 6. The molecule has 172 valence electrons. The molecule has 0 aliphatic heterocycles. The van der Waals surface area contributed by atoms with Gasteiger partial charge in [0.15, 0.2) is 17.2 Å². The summed E-state index contributed by atoms with van der Waals surface area (Å²) in [5.74, 6) is -4.52. The molecule has 0 unspecified atom stereocenters. The number of carbonyl (C=O) groups is 2. The fourth-order valence-corrected chi connectivity index (χ4v) is 3.96. The number of Topliss-reactive ketones (excluding diaryl/α,β-unsaturated/α-hetero) is 2. The number of aliphatic hydroxyl groups is 2. The third kappa shape index (κ3) is 3.81. The van der Waals surface area contributed by atoms with E-state index in [1.54, 1.807) is 54.6 Å². The highest BCUT2D eigenvalue weighted by molar-refractivity contribution is 6.19. The molecule has 8 heteroatoms. The van der Waals surface area contributed by atoms with E-state index in [4.69, 9.17) is 22.9 Å². The van der Waals surface area contributed by atoms with Crippen molar-refractivity contribution < 1.29 is 19.8 Å². The van der Waals surface area contributed by atoms with Gasteiger partial charge in [0.25, 0.3) is 0 Å². The summed E-state index contributed by atoms with van der Waals surface area (Å²) >= 11 is 0. The second-order valence-electron chi connectivity index (χ2n) is 8.16. The molecule has 1 aliphatic rings. The molecule has 0 heterocycles. The number of nitrogens with two attached hydrogens (primary N) is 4. The number of anilines is 2. The predicted octanol–water partition coefficient (Wildman–Crippen LogP) is 1.60. The topological polar surface area (TPSA) is 179 Å². The summed E-state index contributed by atoms with van der Waals surface area (Å²) in [5.41, 5.74) is 22.2. The summed E-state index contributed by atoms with van der Waals surface area (Å²) < 4.78 is 0. The van der Waals surface area contributed by atoms with E-state index in [2.05, 4.69) is 0 Å². The first kappa shape index (κ1) is 23.1. The fourth-order valence-electron chi connectivity index (χ4n) is 3.96. The van der Waals surface area contributed by atoms with Crippen molar-refractivity contribution in [2.75, 3.05) is 11.5 Å². The maximum atomic E-state index is 13.6. The molecule has 10 N–H and O–H groups in total. The van der Waals surface area contributed by atoms with E-state index in [1.807, 2.05) is 0 Å². The molecule has 0 saturated heterocycles. The molecule has 0 bridgehead atoms. The average Bonchev–Trinajstić information content (AvgIpc) is 2.80. The molecule has 34 heavy (non-hydrogen) atoms. The van der Waals surface area contributed by atoms with Crippen LogP contribution in [0.5, 0.6) is 0 Å². The molecule has 0 amide bonds. The summed E-state index contributed by atoms with van der Waals surface area (Å²) in [6, 6.07) is 20.7. The van der Waals surface area contributed by atoms with Crippen LogP contribution in [0.4, 0.5) is 11.4 Å². The number of benzene rings is 3. The van der Waals surface area contributed by atoms with Gasteiger partial charge >= 0.3 is 0 Å². The highest BCUT2D eigenvalue weighted by Crippen LogP contribution is 2.42. The maximum Gasteiger partial charge on any atom is 0.231 e. The fraction of sp³-hybridized carbons (Fsp3) is 0.0769. The maximum absolute atomic E-state index is 13.6. The van der Waals surface area contributed by atoms with E-state index in [9.17, 15) is 19.8 Å². The molecule has 1 aliphatic carbocycles. The smallest absolute Gasteiger partial charge is 0.231 e. The number of ketones is 2. The summed E-state index contributed by atoms with van der Waals surface area (Å²) in [6.45, 7) is 0. The largest absolute Gasteiger partial charge is 0.399 e. The van der Waals surface area contributed by atoms with Gasteiger partial charge in [-0.1, -0.05) is 54.6 Å². The van der Waals surface area contributed by atoms with Crippen molar-refractivity contribution in [1.29, 1.82) is 0 Å². The monoisotopic (exact) mass is 456 g/mol. The van der Waals surface area contributed by atoms with Gasteiger partial charge in [0.1, 0.15) is 0 Å². The molecule has 0 radical (unpaired) electrons. The van der Waals surface area contributed by atoms with E-state index >= 15 is 0 Å². The lowest BCUT2D eigenvalue weighted by molar-refractivity contribution is -0.165. The first-order valence-corrected chi connectivity index (χ1v) is 10.4. The summed E-state index contributed by atoms with van der Waals surface area (Å²) in [5, 5.41) is 22.6. The SMILES string of the molecule is Nc1cccc(C(=O)C2=CC(c3ccccc3)=C(C(=O)c3cccc(N)c3)C(O)(O)C2(N)N)c1. The zero-order valence-electron chi connectivity index (χ0n) is 18.1. The van der Waals surface area contributed by atoms with Gasteiger partial charge in [-0.25, -0.2) is 0 Å². The Hall–Kier alpha value is -4.08. The van der Waals surface area contributed by atoms with Gasteiger partial charge in [0.05, 0.1) is 5.57 Å². The Morgan fingerprint density at radius 2 is 1.24 bits per heavy atom. The summed E-state index contributed by atoms with van der Waals surface area (Å²) in [6.07, 6.45) is 1.32. The van der Waals surface area contributed by atoms with Gasteiger partial charge in [0, 0.05) is 28.1 Å². The zero-order valence-corrected chi connectivity index (χ0v) is 18.1. The third-order valence-corrected chi connectivity index (χ3v) is 5.78. The summed E-state index contributed by atoms with van der Waals surface area (Å²) in [4.78, 5) is 26.9. The molecule has 0 saturated carbocycles. The van der Waals surface area contributed by atoms with E-state index < -0.39 is 28.6 Å². The molecular formula is C26H24N4O4. The van der Waals surface area contributed by atoms with Crippen molar-refractivity contribution in [2.45, 2.75) is 11.4 Å². The highest BCUT2D eigenvalue weighted by atomic mass is 16.5. The lowest BCUT2D eigenvalue weighted by atomic mass is 9.72. The van der Waals surface area contributed by atoms with Crippen molar-refractivity contribution in [3.8, 4) is 0 Å². The molecular weight excluding hydrogens is 432 g/mol. The van der Waals surface area contributed by atoms with Crippen LogP contribution in [-0.2, 0) is 0 Å². The van der Waals surface area contributed by atoms with Crippen LogP contribution in [0.25, 0.3) is 5.57 Å². The molecule has 0 fully saturated rings. The number of rotatable bonds is 5. The Morgan fingerprint density at radius 3 is 1.76 bits per heavy atom. The van der Waals surface area contributed by atoms with Crippen LogP contribution in [0, 0.1) is 0 Å². The van der Waals surface area contributed by atoms with Crippen LogP contribution in [-0.4, -0.2) is 33.2 Å². The second-order valence-corrected chi connectivity index (χ2v) is 8.16. The van der Waals surface area contributed by atoms with Crippen LogP contribution in [0.1, 0.15) is 26.3 Å². The van der Waals surface area contributed by atoms with Crippen molar-refractivity contribution in [1.82, 2.24) is 0 Å². The number of hydrogen-bond acceptors (Lipinski definition) is 8. The molecule has 3 aromatic carbocycles. The predicted molar refractivity (Wildman–Crippen MR) is 130 cm³/mol. The molecule has 8 nitrogen and oxygen atoms in total. The summed E-state index contributed by atoms with van der Waals surface area (Å²) in [7, 11) is 0. The normalized spacial score (nSPS) is 16.6. The van der Waals surface area contributed by atoms with Crippen LogP contribution in [0.15, 0.2) is 96.1 Å².